The Bertz CT molecular complexity index is 948. The lowest BCUT2D eigenvalue weighted by Gasteiger charge is -2.25. The number of benzene rings is 1. The van der Waals surface area contributed by atoms with Crippen LogP contribution in [0.5, 0.6) is 0 Å². The monoisotopic (exact) mass is 464 g/mol. The van der Waals surface area contributed by atoms with Gasteiger partial charge in [0, 0.05) is 24.0 Å². The van der Waals surface area contributed by atoms with Crippen LogP contribution in [0.2, 0.25) is 5.02 Å². The number of ether oxygens (including phenoxy) is 1. The molecule has 2 aliphatic heterocycles. The number of amides is 4. The van der Waals surface area contributed by atoms with Crippen LogP contribution in [0.25, 0.3) is 0 Å². The molecular formula is C21H25ClN4O6. The number of rotatable bonds is 8. The van der Waals surface area contributed by atoms with Crippen LogP contribution < -0.4 is 21.3 Å². The number of carbonyl (C=O) groups is 5. The predicted molar refractivity (Wildman–Crippen MR) is 115 cm³/mol. The molecule has 0 radical (unpaired) electrons. The highest BCUT2D eigenvalue weighted by Gasteiger charge is 2.36. The largest absolute Gasteiger partial charge is 0.380 e. The minimum absolute atomic E-state index is 0.0319. The SMILES string of the molecule is CNC(=O)C(=O)[C@H](C[C@@H]1C[C@@H](C)NC1=O)NC(=O)c1cc(Cl)ccc1NC(=O)C1COC1. The molecule has 0 saturated carbocycles. The van der Waals surface area contributed by atoms with Crippen molar-refractivity contribution in [3.05, 3.63) is 28.8 Å². The maximum absolute atomic E-state index is 13.1. The Kier molecular flexibility index (Phi) is 7.47. The van der Waals surface area contributed by atoms with E-state index in [4.69, 9.17) is 16.3 Å². The van der Waals surface area contributed by atoms with E-state index in [9.17, 15) is 24.0 Å². The van der Waals surface area contributed by atoms with Gasteiger partial charge in [0.2, 0.25) is 17.6 Å². The predicted octanol–water partition coefficient (Wildman–Crippen LogP) is 0.253. The normalized spacial score (nSPS) is 21.2. The Labute approximate surface area is 189 Å². The van der Waals surface area contributed by atoms with Crippen molar-refractivity contribution in [2.75, 3.05) is 25.6 Å². The summed E-state index contributed by atoms with van der Waals surface area (Å²) >= 11 is 6.05. The third-order valence-electron chi connectivity index (χ3n) is 5.48. The molecule has 1 aromatic carbocycles. The van der Waals surface area contributed by atoms with Gasteiger partial charge in [0.1, 0.15) is 0 Å². The molecule has 3 rings (SSSR count). The maximum Gasteiger partial charge on any atom is 0.289 e. The van der Waals surface area contributed by atoms with Crippen molar-refractivity contribution in [2.24, 2.45) is 11.8 Å². The number of ketones is 1. The average Bonchev–Trinajstić information content (AvgIpc) is 3.02. The minimum atomic E-state index is -1.23. The highest BCUT2D eigenvalue weighted by atomic mass is 35.5. The lowest BCUT2D eigenvalue weighted by atomic mass is 9.93. The molecule has 0 aromatic heterocycles. The topological polar surface area (TPSA) is 143 Å². The number of anilines is 1. The van der Waals surface area contributed by atoms with E-state index in [-0.39, 0.29) is 46.5 Å². The standard InChI is InChI=1S/C21H25ClN4O6/c1-10-5-11(18(28)24-10)6-16(17(27)21(31)23-2)26-20(30)14-7-13(22)3-4-15(14)25-19(29)12-8-32-9-12/h3-4,7,10-12,16H,5-6,8-9H2,1-2H3,(H,23,31)(H,24,28)(H,25,29)(H,26,30)/t10-,11+,16+/m1/s1. The molecule has 0 aliphatic carbocycles. The van der Waals surface area contributed by atoms with Crippen molar-refractivity contribution in [1.82, 2.24) is 16.0 Å². The average molecular weight is 465 g/mol. The molecule has 32 heavy (non-hydrogen) atoms. The van der Waals surface area contributed by atoms with Crippen LogP contribution in [0.3, 0.4) is 0 Å². The van der Waals surface area contributed by atoms with E-state index in [1.54, 1.807) is 0 Å². The molecule has 10 nitrogen and oxygen atoms in total. The number of carbonyl (C=O) groups excluding carboxylic acids is 5. The highest BCUT2D eigenvalue weighted by Crippen LogP contribution is 2.24. The lowest BCUT2D eigenvalue weighted by Crippen LogP contribution is -2.48. The van der Waals surface area contributed by atoms with Crippen molar-refractivity contribution >= 4 is 46.7 Å². The van der Waals surface area contributed by atoms with Gasteiger partial charge < -0.3 is 26.0 Å². The molecule has 1 aromatic rings. The summed E-state index contributed by atoms with van der Waals surface area (Å²) in [4.78, 5) is 62.1. The molecule has 0 bridgehead atoms. The summed E-state index contributed by atoms with van der Waals surface area (Å²) < 4.78 is 5.01. The second-order valence-corrected chi connectivity index (χ2v) is 8.40. The van der Waals surface area contributed by atoms with E-state index in [0.717, 1.165) is 0 Å². The van der Waals surface area contributed by atoms with Crippen LogP contribution >= 0.6 is 11.6 Å². The van der Waals surface area contributed by atoms with E-state index in [1.165, 1.54) is 25.2 Å². The van der Waals surface area contributed by atoms with E-state index in [1.807, 2.05) is 6.92 Å². The van der Waals surface area contributed by atoms with Gasteiger partial charge in [0.05, 0.1) is 36.4 Å². The first-order chi connectivity index (χ1) is 15.2. The number of Topliss-reactive ketones (excluding diaryl/α,β-unsaturated/α-hetero) is 1. The maximum atomic E-state index is 13.1. The molecule has 2 fully saturated rings. The van der Waals surface area contributed by atoms with Crippen molar-refractivity contribution < 1.29 is 28.7 Å². The molecule has 2 saturated heterocycles. The zero-order valence-electron chi connectivity index (χ0n) is 17.7. The summed E-state index contributed by atoms with van der Waals surface area (Å²) in [6.07, 6.45) is 0.448. The van der Waals surface area contributed by atoms with Crippen LogP contribution in [0.15, 0.2) is 18.2 Å². The quantitative estimate of drug-likeness (QED) is 0.406. The van der Waals surface area contributed by atoms with Gasteiger partial charge in [-0.25, -0.2) is 0 Å². The fourth-order valence-corrected chi connectivity index (χ4v) is 3.80. The number of hydrogen-bond donors (Lipinski definition) is 4. The minimum Gasteiger partial charge on any atom is -0.380 e. The zero-order valence-corrected chi connectivity index (χ0v) is 18.5. The molecule has 4 amide bonds. The van der Waals surface area contributed by atoms with E-state index >= 15 is 0 Å². The fraction of sp³-hybridized carbons (Fsp3) is 0.476. The van der Waals surface area contributed by atoms with Gasteiger partial charge in [-0.1, -0.05) is 11.6 Å². The first kappa shape index (κ1) is 23.7. The lowest BCUT2D eigenvalue weighted by molar-refractivity contribution is -0.139. The van der Waals surface area contributed by atoms with Gasteiger partial charge in [-0.15, -0.1) is 0 Å². The first-order valence-electron chi connectivity index (χ1n) is 10.2. The Morgan fingerprint density at radius 3 is 2.53 bits per heavy atom. The van der Waals surface area contributed by atoms with Crippen molar-refractivity contribution in [3.63, 3.8) is 0 Å². The van der Waals surface area contributed by atoms with E-state index < -0.39 is 29.6 Å². The molecule has 0 unspecified atom stereocenters. The Hall–Kier alpha value is -2.98. The molecule has 0 spiro atoms. The second kappa shape index (κ2) is 10.1. The van der Waals surface area contributed by atoms with Gasteiger partial charge in [-0.3, -0.25) is 24.0 Å². The number of halogens is 1. The summed E-state index contributed by atoms with van der Waals surface area (Å²) in [6, 6.07) is 3.06. The Balaban J connectivity index is 1.81. The number of likely N-dealkylation sites (N-methyl/N-ethyl adjacent to an activating group) is 1. The van der Waals surface area contributed by atoms with E-state index in [2.05, 4.69) is 21.3 Å². The molecule has 4 N–H and O–H groups in total. The van der Waals surface area contributed by atoms with Crippen molar-refractivity contribution in [2.45, 2.75) is 31.8 Å². The molecule has 172 valence electrons. The van der Waals surface area contributed by atoms with Crippen LogP contribution in [-0.2, 0) is 23.9 Å². The Morgan fingerprint density at radius 1 is 1.25 bits per heavy atom. The van der Waals surface area contributed by atoms with Crippen molar-refractivity contribution in [3.8, 4) is 0 Å². The summed E-state index contributed by atoms with van der Waals surface area (Å²) in [5.41, 5.74) is 0.243. The van der Waals surface area contributed by atoms with Gasteiger partial charge in [0.15, 0.2) is 0 Å². The van der Waals surface area contributed by atoms with Gasteiger partial charge in [-0.2, -0.15) is 0 Å². The summed E-state index contributed by atoms with van der Waals surface area (Å²) in [5, 5.41) is 10.5. The van der Waals surface area contributed by atoms with Crippen molar-refractivity contribution in [1.29, 1.82) is 0 Å². The molecule has 11 heteroatoms. The highest BCUT2D eigenvalue weighted by molar-refractivity contribution is 6.38. The fourth-order valence-electron chi connectivity index (χ4n) is 3.63. The van der Waals surface area contributed by atoms with Gasteiger partial charge in [0.25, 0.3) is 11.8 Å². The molecule has 3 atom stereocenters. The molecule has 2 heterocycles. The molecule has 2 aliphatic rings. The zero-order chi connectivity index (χ0) is 23.4. The number of nitrogens with one attached hydrogen (secondary N) is 4. The summed E-state index contributed by atoms with van der Waals surface area (Å²) in [7, 11) is 1.30. The number of hydrogen-bond acceptors (Lipinski definition) is 6. The van der Waals surface area contributed by atoms with Crippen LogP contribution in [0.1, 0.15) is 30.1 Å². The van der Waals surface area contributed by atoms with Gasteiger partial charge >= 0.3 is 0 Å². The van der Waals surface area contributed by atoms with Gasteiger partial charge in [-0.05, 0) is 38.0 Å². The third kappa shape index (κ3) is 5.43. The van der Waals surface area contributed by atoms with Crippen LogP contribution in [0.4, 0.5) is 5.69 Å². The Morgan fingerprint density at radius 2 is 1.97 bits per heavy atom. The molecular weight excluding hydrogens is 440 g/mol. The van der Waals surface area contributed by atoms with Crippen LogP contribution in [0, 0.1) is 11.8 Å². The first-order valence-corrected chi connectivity index (χ1v) is 10.6. The third-order valence-corrected chi connectivity index (χ3v) is 5.72. The smallest absolute Gasteiger partial charge is 0.289 e. The summed E-state index contributed by atoms with van der Waals surface area (Å²) in [5.74, 6) is -3.84. The second-order valence-electron chi connectivity index (χ2n) is 7.96. The van der Waals surface area contributed by atoms with E-state index in [0.29, 0.717) is 19.6 Å². The summed E-state index contributed by atoms with van der Waals surface area (Å²) in [6.45, 7) is 2.43. The van der Waals surface area contributed by atoms with Crippen LogP contribution in [-0.4, -0.2) is 61.8 Å².